The lowest BCUT2D eigenvalue weighted by atomic mass is 9.91. The topological polar surface area (TPSA) is 304 Å². The summed E-state index contributed by atoms with van der Waals surface area (Å²) in [5, 5.41) is 36.3. The van der Waals surface area contributed by atoms with E-state index in [0.717, 1.165) is 32.7 Å². The first-order valence-electron chi connectivity index (χ1n) is 22.9. The minimum Gasteiger partial charge on any atom is -0.508 e. The standard InChI is InChI=1S/C48H63N9O10S2/c1-27(2)40(48(66)67)56-45(63)38-26-69-68-25-37(54-41(59)28(3)50)44(62)53-36(22-29-11-5-4-6-12-29)47(65)57-24-32-14-8-7-13-31(32)23-39(57)46(64)51-34(15-9-10-20-49)42(60)52-35(43(61)55-38)21-30-16-18-33(58)19-17-30/h4-8,11-14,16-19,27-28,34-40,58H,9-10,15,20-26,49-50H2,1-3H3,(H,51,64)(H,52,60)(H,53,62)(H,54,59)(H,55,61)(H,56,63)(H,66,67)/t28-,34-,35-,36-,37-,38-,39+,40-/m0/s1. The van der Waals surface area contributed by atoms with Crippen molar-refractivity contribution < 1.29 is 48.6 Å². The van der Waals surface area contributed by atoms with E-state index in [1.54, 1.807) is 56.3 Å². The van der Waals surface area contributed by atoms with Gasteiger partial charge in [0.15, 0.2) is 0 Å². The number of nitrogens with two attached hydrogens (primary N) is 2. The Balaban J connectivity index is 1.61. The highest BCUT2D eigenvalue weighted by Crippen LogP contribution is 2.27. The molecular formula is C48H63N9O10S2. The second-order valence-corrected chi connectivity index (χ2v) is 20.1. The van der Waals surface area contributed by atoms with Crippen molar-refractivity contribution in [2.75, 3.05) is 18.1 Å². The zero-order chi connectivity index (χ0) is 50.2. The fourth-order valence-electron chi connectivity index (χ4n) is 7.83. The van der Waals surface area contributed by atoms with Crippen molar-refractivity contribution in [1.82, 2.24) is 36.8 Å². The number of fused-ring (bicyclic) bond motifs is 2. The SMILES string of the molecule is CC(C)[C@H](NC(=O)[C@@H]1CSSC[C@H](NC(=O)[C@H](C)N)C(=O)N[C@@H](Cc2ccccc2)C(=O)N2Cc3ccccc3C[C@@H]2C(=O)N[C@@H](CCCCN)C(=O)N[C@@H](Cc2ccc(O)cc2)C(=O)N1)C(=O)O. The molecule has 8 atom stereocenters. The summed E-state index contributed by atoms with van der Waals surface area (Å²) in [4.78, 5) is 114. The third-order valence-corrected chi connectivity index (χ3v) is 14.2. The summed E-state index contributed by atoms with van der Waals surface area (Å²) in [6.07, 6.45) is 0.902. The molecule has 372 valence electrons. The number of aromatic hydroxyl groups is 1. The van der Waals surface area contributed by atoms with Gasteiger partial charge in [-0.25, -0.2) is 4.79 Å². The van der Waals surface area contributed by atoms with Gasteiger partial charge in [-0.15, -0.1) is 0 Å². The number of carbonyl (C=O) groups excluding carboxylic acids is 7. The van der Waals surface area contributed by atoms with E-state index in [1.165, 1.54) is 24.0 Å². The monoisotopic (exact) mass is 989 g/mol. The molecule has 5 rings (SSSR count). The number of phenols is 1. The Hall–Kier alpha value is -6.16. The Bertz CT molecular complexity index is 2290. The van der Waals surface area contributed by atoms with Gasteiger partial charge in [0.1, 0.15) is 48.0 Å². The lowest BCUT2D eigenvalue weighted by Crippen LogP contribution is -2.62. The van der Waals surface area contributed by atoms with Gasteiger partial charge in [-0.05, 0) is 73.0 Å². The van der Waals surface area contributed by atoms with E-state index in [-0.39, 0.29) is 49.5 Å². The Morgan fingerprint density at radius 1 is 0.739 bits per heavy atom. The van der Waals surface area contributed by atoms with Gasteiger partial charge in [-0.2, -0.15) is 0 Å². The van der Waals surface area contributed by atoms with Crippen LogP contribution in [0.4, 0.5) is 0 Å². The molecule has 3 aromatic carbocycles. The summed E-state index contributed by atoms with van der Waals surface area (Å²) in [7, 11) is 2.10. The second kappa shape index (κ2) is 26.0. The maximum absolute atomic E-state index is 15.1. The number of benzene rings is 3. The summed E-state index contributed by atoms with van der Waals surface area (Å²) in [5.41, 5.74) is 14.5. The number of unbranched alkanes of at least 4 members (excludes halogenated alkanes) is 1. The van der Waals surface area contributed by atoms with Crippen LogP contribution in [0.5, 0.6) is 5.75 Å². The van der Waals surface area contributed by atoms with Gasteiger partial charge in [-0.3, -0.25) is 33.6 Å². The van der Waals surface area contributed by atoms with Gasteiger partial charge in [0.25, 0.3) is 0 Å². The maximum atomic E-state index is 15.1. The van der Waals surface area contributed by atoms with Crippen LogP contribution < -0.4 is 43.4 Å². The number of hydrogen-bond donors (Lipinski definition) is 10. The molecular weight excluding hydrogens is 927 g/mol. The summed E-state index contributed by atoms with van der Waals surface area (Å²) < 4.78 is 0. The average molecular weight is 990 g/mol. The van der Waals surface area contributed by atoms with E-state index in [4.69, 9.17) is 11.5 Å². The molecule has 2 aliphatic rings. The highest BCUT2D eigenvalue weighted by Gasteiger charge is 2.41. The van der Waals surface area contributed by atoms with E-state index in [0.29, 0.717) is 30.5 Å². The number of nitrogens with one attached hydrogen (secondary N) is 6. The number of nitrogens with zero attached hydrogens (tertiary/aromatic N) is 1. The van der Waals surface area contributed by atoms with Crippen molar-refractivity contribution in [3.63, 3.8) is 0 Å². The highest BCUT2D eigenvalue weighted by molar-refractivity contribution is 8.76. The fourth-order valence-corrected chi connectivity index (χ4v) is 10.2. The van der Waals surface area contributed by atoms with Crippen molar-refractivity contribution in [3.05, 3.63) is 101 Å². The Morgan fingerprint density at radius 2 is 1.33 bits per heavy atom. The Morgan fingerprint density at radius 3 is 1.99 bits per heavy atom. The van der Waals surface area contributed by atoms with Crippen LogP contribution in [0, 0.1) is 5.92 Å². The fraction of sp³-hybridized carbons (Fsp3) is 0.458. The maximum Gasteiger partial charge on any atom is 0.326 e. The summed E-state index contributed by atoms with van der Waals surface area (Å²) in [6.45, 7) is 4.93. The smallest absolute Gasteiger partial charge is 0.326 e. The van der Waals surface area contributed by atoms with Gasteiger partial charge in [0.2, 0.25) is 41.4 Å². The number of carbonyl (C=O) groups is 8. The van der Waals surface area contributed by atoms with Crippen molar-refractivity contribution in [2.24, 2.45) is 17.4 Å². The van der Waals surface area contributed by atoms with Gasteiger partial charge < -0.3 is 58.5 Å². The van der Waals surface area contributed by atoms with E-state index in [2.05, 4.69) is 31.9 Å². The van der Waals surface area contributed by atoms with E-state index >= 15 is 4.79 Å². The zero-order valence-corrected chi connectivity index (χ0v) is 40.5. The molecule has 69 heavy (non-hydrogen) atoms. The number of amides is 7. The van der Waals surface area contributed by atoms with Crippen molar-refractivity contribution in [3.8, 4) is 5.75 Å². The number of hydrogen-bond acceptors (Lipinski definition) is 13. The van der Waals surface area contributed by atoms with E-state index < -0.39 is 102 Å². The molecule has 19 nitrogen and oxygen atoms in total. The molecule has 7 amide bonds. The molecule has 21 heteroatoms. The Labute approximate surface area is 409 Å². The molecule has 2 heterocycles. The minimum atomic E-state index is -1.40. The number of carboxylic acid groups (broad SMARTS) is 1. The summed E-state index contributed by atoms with van der Waals surface area (Å²) in [5.74, 6) is -7.29. The molecule has 0 spiro atoms. The van der Waals surface area contributed by atoms with Crippen LogP contribution in [-0.4, -0.2) is 129 Å². The van der Waals surface area contributed by atoms with Crippen LogP contribution in [0.3, 0.4) is 0 Å². The van der Waals surface area contributed by atoms with E-state index in [9.17, 15) is 43.8 Å². The van der Waals surface area contributed by atoms with Gasteiger partial charge in [0, 0.05) is 37.3 Å². The lowest BCUT2D eigenvalue weighted by molar-refractivity contribution is -0.145. The largest absolute Gasteiger partial charge is 0.508 e. The quantitative estimate of drug-likeness (QED) is 0.0784. The molecule has 0 bridgehead atoms. The zero-order valence-electron chi connectivity index (χ0n) is 38.9. The number of phenolic OH excluding ortho intramolecular Hbond substituents is 1. The van der Waals surface area contributed by atoms with E-state index in [1.807, 2.05) is 24.3 Å². The second-order valence-electron chi connectivity index (χ2n) is 17.5. The first kappa shape index (κ1) is 53.8. The molecule has 1 saturated heterocycles. The van der Waals surface area contributed by atoms with Crippen molar-refractivity contribution in [1.29, 1.82) is 0 Å². The molecule has 3 aromatic rings. The van der Waals surface area contributed by atoms with Gasteiger partial charge in [-0.1, -0.05) is 102 Å². The normalized spacial score (nSPS) is 22.9. The molecule has 12 N–H and O–H groups in total. The minimum absolute atomic E-state index is 0.00446. The van der Waals surface area contributed by atoms with Gasteiger partial charge in [0.05, 0.1) is 6.04 Å². The molecule has 0 saturated carbocycles. The summed E-state index contributed by atoms with van der Waals surface area (Å²) in [6, 6.07) is 12.1. The first-order valence-corrected chi connectivity index (χ1v) is 25.4. The van der Waals surface area contributed by atoms with Crippen LogP contribution in [-0.2, 0) is 64.2 Å². The molecule has 0 unspecified atom stereocenters. The van der Waals surface area contributed by atoms with Crippen LogP contribution in [0.15, 0.2) is 78.9 Å². The van der Waals surface area contributed by atoms with Crippen LogP contribution >= 0.6 is 21.6 Å². The first-order chi connectivity index (χ1) is 32.9. The van der Waals surface area contributed by atoms with Crippen molar-refractivity contribution in [2.45, 2.75) is 114 Å². The number of rotatable bonds is 14. The van der Waals surface area contributed by atoms with Crippen molar-refractivity contribution >= 4 is 68.9 Å². The third-order valence-electron chi connectivity index (χ3n) is 11.8. The van der Waals surface area contributed by atoms with Crippen LogP contribution in [0.1, 0.15) is 62.3 Å². The number of aliphatic carboxylic acids is 1. The molecule has 0 aliphatic carbocycles. The molecule has 0 radical (unpaired) electrons. The van der Waals surface area contributed by atoms with Crippen LogP contribution in [0.25, 0.3) is 0 Å². The molecule has 0 aromatic heterocycles. The third kappa shape index (κ3) is 15.7. The van der Waals surface area contributed by atoms with Crippen LogP contribution in [0.2, 0.25) is 0 Å². The number of carboxylic acids is 1. The summed E-state index contributed by atoms with van der Waals surface area (Å²) >= 11 is 0. The highest BCUT2D eigenvalue weighted by atomic mass is 33.1. The Kier molecular flexibility index (Phi) is 20.3. The predicted molar refractivity (Wildman–Crippen MR) is 262 cm³/mol. The predicted octanol–water partition coefficient (Wildman–Crippen LogP) is 0.652. The molecule has 1 fully saturated rings. The lowest BCUT2D eigenvalue weighted by Gasteiger charge is -2.39. The average Bonchev–Trinajstić information content (AvgIpc) is 3.32. The molecule has 2 aliphatic heterocycles. The van der Waals surface area contributed by atoms with Gasteiger partial charge >= 0.3 is 5.97 Å².